The number of hydrogen-bond acceptors (Lipinski definition) is 4. The summed E-state index contributed by atoms with van der Waals surface area (Å²) in [6.07, 6.45) is 5.45. The molecular formula is C24H35FIN5S. The van der Waals surface area contributed by atoms with E-state index in [1.54, 1.807) is 30.5 Å². The van der Waals surface area contributed by atoms with Crippen LogP contribution in [0.5, 0.6) is 0 Å². The van der Waals surface area contributed by atoms with Gasteiger partial charge in [-0.15, -0.1) is 35.3 Å². The molecule has 2 N–H and O–H groups in total. The molecule has 0 unspecified atom stereocenters. The summed E-state index contributed by atoms with van der Waals surface area (Å²) in [6.45, 7) is 7.02. The number of nitrogens with zero attached hydrogens (tertiary/aromatic N) is 3. The standard InChI is InChI=1S/C24H34FN5S.HI/c1-3-22-29-19(16-31-22)15-30-12-8-18(9-13-30)14-27-23(26-2)28-17-24(10-11-24)20-6-4-5-7-21(20)25;/h4-7,16,18H,3,8-15,17H2,1-2H3,(H2,26,27,28);1H. The van der Waals surface area contributed by atoms with E-state index in [1.807, 2.05) is 12.1 Å². The van der Waals surface area contributed by atoms with E-state index in [-0.39, 0.29) is 35.2 Å². The fourth-order valence-corrected chi connectivity index (χ4v) is 5.20. The van der Waals surface area contributed by atoms with E-state index in [0.29, 0.717) is 5.92 Å². The molecule has 2 fully saturated rings. The Morgan fingerprint density at radius 1 is 1.25 bits per heavy atom. The maximum atomic E-state index is 14.2. The summed E-state index contributed by atoms with van der Waals surface area (Å²) >= 11 is 1.77. The third-order valence-corrected chi connectivity index (χ3v) is 7.71. The van der Waals surface area contributed by atoms with Gasteiger partial charge in [0.05, 0.1) is 10.7 Å². The van der Waals surface area contributed by atoms with Crippen molar-refractivity contribution in [3.63, 3.8) is 0 Å². The summed E-state index contributed by atoms with van der Waals surface area (Å²) in [5.41, 5.74) is 1.96. The summed E-state index contributed by atoms with van der Waals surface area (Å²) in [5, 5.41) is 10.4. The van der Waals surface area contributed by atoms with Gasteiger partial charge < -0.3 is 10.6 Å². The van der Waals surface area contributed by atoms with Crippen molar-refractivity contribution in [3.05, 3.63) is 51.7 Å². The summed E-state index contributed by atoms with van der Waals surface area (Å²) < 4.78 is 14.2. The SMILES string of the molecule is CCc1nc(CN2CCC(CNC(=NC)NCC3(c4ccccc4F)CC3)CC2)cs1.I. The number of hydrogen-bond donors (Lipinski definition) is 2. The fraction of sp³-hybridized carbons (Fsp3) is 0.583. The predicted molar refractivity (Wildman–Crippen MR) is 142 cm³/mol. The average Bonchev–Trinajstić information content (AvgIpc) is 3.45. The third kappa shape index (κ3) is 6.41. The summed E-state index contributed by atoms with van der Waals surface area (Å²) in [7, 11) is 1.80. The second kappa shape index (κ2) is 11.7. The van der Waals surface area contributed by atoms with Crippen molar-refractivity contribution in [2.75, 3.05) is 33.2 Å². The van der Waals surface area contributed by atoms with Gasteiger partial charge in [0.2, 0.25) is 0 Å². The van der Waals surface area contributed by atoms with Gasteiger partial charge in [-0.2, -0.15) is 0 Å². The normalized spacial score (nSPS) is 18.8. The van der Waals surface area contributed by atoms with Crippen LogP contribution in [0.2, 0.25) is 0 Å². The molecule has 8 heteroatoms. The Balaban J connectivity index is 0.00000289. The Morgan fingerprint density at radius 2 is 2.00 bits per heavy atom. The average molecular weight is 572 g/mol. The van der Waals surface area contributed by atoms with E-state index >= 15 is 0 Å². The molecule has 0 bridgehead atoms. The summed E-state index contributed by atoms with van der Waals surface area (Å²) in [5.74, 6) is 1.37. The fourth-order valence-electron chi connectivity index (χ4n) is 4.46. The monoisotopic (exact) mass is 571 g/mol. The van der Waals surface area contributed by atoms with Gasteiger partial charge in [-0.25, -0.2) is 9.37 Å². The Labute approximate surface area is 212 Å². The van der Waals surface area contributed by atoms with E-state index in [4.69, 9.17) is 4.98 Å². The van der Waals surface area contributed by atoms with E-state index < -0.39 is 0 Å². The number of aryl methyl sites for hydroxylation is 1. The molecule has 1 aliphatic carbocycles. The third-order valence-electron chi connectivity index (χ3n) is 6.67. The number of thiazole rings is 1. The second-order valence-electron chi connectivity index (χ2n) is 8.87. The van der Waals surface area contributed by atoms with Crippen LogP contribution >= 0.6 is 35.3 Å². The summed E-state index contributed by atoms with van der Waals surface area (Å²) in [4.78, 5) is 11.6. The first-order valence-electron chi connectivity index (χ1n) is 11.5. The number of aromatic nitrogens is 1. The highest BCUT2D eigenvalue weighted by Crippen LogP contribution is 2.48. The number of piperidine rings is 1. The minimum atomic E-state index is -0.0972. The summed E-state index contributed by atoms with van der Waals surface area (Å²) in [6, 6.07) is 7.16. The van der Waals surface area contributed by atoms with Gasteiger partial charge in [-0.05, 0) is 62.7 Å². The highest BCUT2D eigenvalue weighted by Gasteiger charge is 2.45. The van der Waals surface area contributed by atoms with Crippen molar-refractivity contribution < 1.29 is 4.39 Å². The molecule has 1 saturated heterocycles. The first kappa shape index (κ1) is 25.4. The molecule has 0 atom stereocenters. The molecule has 1 saturated carbocycles. The van der Waals surface area contributed by atoms with Gasteiger partial charge in [0.15, 0.2) is 5.96 Å². The van der Waals surface area contributed by atoms with Crippen LogP contribution in [0.3, 0.4) is 0 Å². The molecule has 1 aliphatic heterocycles. The van der Waals surface area contributed by atoms with Gasteiger partial charge in [0.1, 0.15) is 5.82 Å². The maximum absolute atomic E-state index is 14.2. The molecule has 0 radical (unpaired) electrons. The minimum absolute atomic E-state index is 0. The predicted octanol–water partition coefficient (Wildman–Crippen LogP) is 4.57. The number of benzene rings is 1. The Morgan fingerprint density at radius 3 is 2.62 bits per heavy atom. The molecule has 0 spiro atoms. The quantitative estimate of drug-likeness (QED) is 0.277. The molecule has 5 nitrogen and oxygen atoms in total. The molecule has 1 aromatic heterocycles. The van der Waals surface area contributed by atoms with Crippen molar-refractivity contribution in [2.45, 2.75) is 51.0 Å². The van der Waals surface area contributed by atoms with Crippen LogP contribution in [0, 0.1) is 11.7 Å². The second-order valence-corrected chi connectivity index (χ2v) is 9.82. The molecule has 2 heterocycles. The van der Waals surface area contributed by atoms with Crippen molar-refractivity contribution in [1.82, 2.24) is 20.5 Å². The smallest absolute Gasteiger partial charge is 0.191 e. The lowest BCUT2D eigenvalue weighted by Gasteiger charge is -2.32. The number of guanidine groups is 1. The number of halogens is 2. The first-order valence-corrected chi connectivity index (χ1v) is 12.3. The zero-order chi connectivity index (χ0) is 21.7. The highest BCUT2D eigenvalue weighted by molar-refractivity contribution is 14.0. The van der Waals surface area contributed by atoms with Crippen LogP contribution in [-0.4, -0.2) is 49.1 Å². The first-order chi connectivity index (χ1) is 15.1. The van der Waals surface area contributed by atoms with Crippen molar-refractivity contribution >= 4 is 41.3 Å². The van der Waals surface area contributed by atoms with Crippen molar-refractivity contribution in [2.24, 2.45) is 10.9 Å². The van der Waals surface area contributed by atoms with Gasteiger partial charge in [-0.1, -0.05) is 25.1 Å². The van der Waals surface area contributed by atoms with Crippen LogP contribution in [0.1, 0.15) is 48.9 Å². The molecule has 2 aromatic rings. The Bertz CT molecular complexity index is 890. The Hall–Kier alpha value is -1.26. The van der Waals surface area contributed by atoms with Crippen LogP contribution in [-0.2, 0) is 18.4 Å². The number of rotatable bonds is 8. The minimum Gasteiger partial charge on any atom is -0.356 e. The lowest BCUT2D eigenvalue weighted by Crippen LogP contribution is -2.44. The molecule has 2 aliphatic rings. The van der Waals surface area contributed by atoms with Crippen molar-refractivity contribution in [3.8, 4) is 0 Å². The molecule has 0 amide bonds. The van der Waals surface area contributed by atoms with E-state index in [1.165, 1.54) is 23.5 Å². The largest absolute Gasteiger partial charge is 0.356 e. The molecule has 4 rings (SSSR count). The van der Waals surface area contributed by atoms with E-state index in [9.17, 15) is 4.39 Å². The number of nitrogens with one attached hydrogen (secondary N) is 2. The molecule has 32 heavy (non-hydrogen) atoms. The lowest BCUT2D eigenvalue weighted by atomic mass is 9.95. The number of aliphatic imine (C=N–C) groups is 1. The molecule has 176 valence electrons. The Kier molecular flexibility index (Phi) is 9.31. The molecular weight excluding hydrogens is 536 g/mol. The zero-order valence-electron chi connectivity index (χ0n) is 19.1. The van der Waals surface area contributed by atoms with Gasteiger partial charge in [0, 0.05) is 37.5 Å². The van der Waals surface area contributed by atoms with Crippen LogP contribution in [0.15, 0.2) is 34.6 Å². The van der Waals surface area contributed by atoms with Gasteiger partial charge in [-0.3, -0.25) is 9.89 Å². The van der Waals surface area contributed by atoms with Crippen LogP contribution in [0.4, 0.5) is 4.39 Å². The molecule has 1 aromatic carbocycles. The van der Waals surface area contributed by atoms with Crippen molar-refractivity contribution in [1.29, 1.82) is 0 Å². The lowest BCUT2D eigenvalue weighted by molar-refractivity contribution is 0.176. The zero-order valence-corrected chi connectivity index (χ0v) is 22.2. The number of likely N-dealkylation sites (tertiary alicyclic amines) is 1. The maximum Gasteiger partial charge on any atom is 0.191 e. The highest BCUT2D eigenvalue weighted by atomic mass is 127. The topological polar surface area (TPSA) is 52.6 Å². The van der Waals surface area contributed by atoms with Gasteiger partial charge in [0.25, 0.3) is 0 Å². The van der Waals surface area contributed by atoms with Crippen LogP contribution in [0.25, 0.3) is 0 Å². The van der Waals surface area contributed by atoms with Gasteiger partial charge >= 0.3 is 0 Å². The van der Waals surface area contributed by atoms with E-state index in [2.05, 4.69) is 32.8 Å². The van der Waals surface area contributed by atoms with Crippen LogP contribution < -0.4 is 10.6 Å². The van der Waals surface area contributed by atoms with E-state index in [0.717, 1.165) is 63.5 Å².